The normalized spacial score (nSPS) is 15.1. The maximum absolute atomic E-state index is 13.7. The lowest BCUT2D eigenvalue weighted by molar-refractivity contribution is 0.0929. The van der Waals surface area contributed by atoms with Crippen molar-refractivity contribution in [3.05, 3.63) is 82.7 Å². The van der Waals surface area contributed by atoms with Crippen molar-refractivity contribution in [1.82, 2.24) is 5.32 Å². The second-order valence-corrected chi connectivity index (χ2v) is 9.30. The van der Waals surface area contributed by atoms with Gasteiger partial charge in [-0.15, -0.1) is 11.3 Å². The number of nitrogens with one attached hydrogen (secondary N) is 1. The molecule has 1 aromatic heterocycles. The zero-order valence-electron chi connectivity index (χ0n) is 18.2. The van der Waals surface area contributed by atoms with E-state index in [1.54, 1.807) is 0 Å². The van der Waals surface area contributed by atoms with Gasteiger partial charge < -0.3 is 15.0 Å². The molecule has 0 radical (unpaired) electrons. The van der Waals surface area contributed by atoms with Crippen molar-refractivity contribution in [2.45, 2.75) is 12.5 Å². The number of anilines is 1. The third kappa shape index (κ3) is 4.04. The van der Waals surface area contributed by atoms with Crippen LogP contribution in [0.4, 0.5) is 14.5 Å². The van der Waals surface area contributed by atoms with Crippen LogP contribution >= 0.6 is 11.3 Å². The Kier molecular flexibility index (Phi) is 5.50. The molecule has 4 aromatic rings. The molecule has 7 heteroatoms. The van der Waals surface area contributed by atoms with E-state index >= 15 is 0 Å². The van der Waals surface area contributed by atoms with Gasteiger partial charge in [0.15, 0.2) is 0 Å². The molecule has 4 nitrogen and oxygen atoms in total. The largest absolute Gasteiger partial charge is 0.493 e. The number of nitrogens with zero attached hydrogens (tertiary/aromatic N) is 1. The van der Waals surface area contributed by atoms with Gasteiger partial charge in [0.2, 0.25) is 0 Å². The number of benzene rings is 3. The van der Waals surface area contributed by atoms with E-state index < -0.39 is 11.6 Å². The van der Waals surface area contributed by atoms with Gasteiger partial charge in [-0.25, -0.2) is 8.78 Å². The molecule has 3 aromatic carbocycles. The summed E-state index contributed by atoms with van der Waals surface area (Å²) in [5.74, 6) is -0.603. The first-order valence-corrected chi connectivity index (χ1v) is 11.5. The van der Waals surface area contributed by atoms with Crippen LogP contribution in [-0.2, 0) is 0 Å². The number of carbonyl (C=O) groups is 1. The van der Waals surface area contributed by atoms with Gasteiger partial charge in [0.25, 0.3) is 5.91 Å². The second kappa shape index (κ2) is 8.48. The standard InChI is InChI=1S/C26H22F2N2O2S/c1-30(2)24-20-8-7-15(16-11-17(27)14-18(28)12-16)13-23(20)33-25(24)26(31)29-21-9-10-32-22-6-4-3-5-19(21)22/h3-8,11-14,21H,9-10H2,1-2H3,(H,29,31)/t21-/m0/s1. The molecule has 168 valence electrons. The predicted octanol–water partition coefficient (Wildman–Crippen LogP) is 6.17. The molecule has 1 N–H and O–H groups in total. The molecular weight excluding hydrogens is 442 g/mol. The van der Waals surface area contributed by atoms with E-state index in [0.29, 0.717) is 29.0 Å². The number of carbonyl (C=O) groups excluding carboxylic acids is 1. The third-order valence-electron chi connectivity index (χ3n) is 5.78. The number of amides is 1. The number of fused-ring (bicyclic) bond motifs is 2. The molecule has 2 heterocycles. The van der Waals surface area contributed by atoms with Gasteiger partial charge in [-0.05, 0) is 35.4 Å². The van der Waals surface area contributed by atoms with Gasteiger partial charge >= 0.3 is 0 Å². The molecular formula is C26H22F2N2O2S. The smallest absolute Gasteiger partial charge is 0.264 e. The van der Waals surface area contributed by atoms with Crippen molar-refractivity contribution < 1.29 is 18.3 Å². The monoisotopic (exact) mass is 464 g/mol. The zero-order chi connectivity index (χ0) is 23.1. The fraction of sp³-hybridized carbons (Fsp3) is 0.192. The molecule has 0 saturated heterocycles. The number of halogens is 2. The third-order valence-corrected chi connectivity index (χ3v) is 6.92. The molecule has 0 bridgehead atoms. The van der Waals surface area contributed by atoms with E-state index in [9.17, 15) is 13.6 Å². The molecule has 1 amide bonds. The van der Waals surface area contributed by atoms with Gasteiger partial charge in [-0.1, -0.05) is 30.3 Å². The van der Waals surface area contributed by atoms with Crippen LogP contribution in [0.5, 0.6) is 5.75 Å². The Hall–Kier alpha value is -3.45. The molecule has 0 fully saturated rings. The number of rotatable bonds is 4. The van der Waals surface area contributed by atoms with Crippen molar-refractivity contribution in [2.75, 3.05) is 25.6 Å². The molecule has 1 atom stereocenters. The average molecular weight is 465 g/mol. The Bertz CT molecular complexity index is 1350. The molecule has 5 rings (SSSR count). The summed E-state index contributed by atoms with van der Waals surface area (Å²) in [5, 5.41) is 4.09. The quantitative estimate of drug-likeness (QED) is 0.393. The topological polar surface area (TPSA) is 41.6 Å². The minimum absolute atomic E-state index is 0.131. The van der Waals surface area contributed by atoms with Crippen LogP contribution in [0, 0.1) is 11.6 Å². The minimum atomic E-state index is -0.623. The van der Waals surface area contributed by atoms with Crippen LogP contribution in [0.1, 0.15) is 27.7 Å². The Morgan fingerprint density at radius 3 is 2.55 bits per heavy atom. The second-order valence-electron chi connectivity index (χ2n) is 8.24. The number of ether oxygens (including phenoxy) is 1. The van der Waals surface area contributed by atoms with E-state index in [2.05, 4.69) is 5.32 Å². The zero-order valence-corrected chi connectivity index (χ0v) is 19.0. The highest BCUT2D eigenvalue weighted by Gasteiger charge is 2.26. The number of thiophene rings is 1. The Labute approximate surface area is 194 Å². The highest BCUT2D eigenvalue weighted by molar-refractivity contribution is 7.21. The Morgan fingerprint density at radius 2 is 1.79 bits per heavy atom. The number of hydrogen-bond acceptors (Lipinski definition) is 4. The summed E-state index contributed by atoms with van der Waals surface area (Å²) in [5.41, 5.74) is 2.95. The van der Waals surface area contributed by atoms with Gasteiger partial charge in [-0.3, -0.25) is 4.79 Å². The lowest BCUT2D eigenvalue weighted by atomic mass is 10.0. The summed E-state index contributed by atoms with van der Waals surface area (Å²) in [6.07, 6.45) is 0.695. The fourth-order valence-corrected chi connectivity index (χ4v) is 5.52. The summed E-state index contributed by atoms with van der Waals surface area (Å²) >= 11 is 1.37. The van der Waals surface area contributed by atoms with Crippen molar-refractivity contribution in [3.8, 4) is 16.9 Å². The van der Waals surface area contributed by atoms with E-state index in [-0.39, 0.29) is 11.9 Å². The molecule has 1 aliphatic rings. The average Bonchev–Trinajstić information content (AvgIpc) is 3.18. The Balaban J connectivity index is 1.52. The summed E-state index contributed by atoms with van der Waals surface area (Å²) in [4.78, 5) is 15.9. The first-order chi connectivity index (χ1) is 15.9. The van der Waals surface area contributed by atoms with Crippen LogP contribution in [0.2, 0.25) is 0 Å². The SMILES string of the molecule is CN(C)c1c(C(=O)N[C@H]2CCOc3ccccc32)sc2cc(-c3cc(F)cc(F)c3)ccc12. The molecule has 0 saturated carbocycles. The van der Waals surface area contributed by atoms with Gasteiger partial charge in [-0.2, -0.15) is 0 Å². The van der Waals surface area contributed by atoms with Crippen molar-refractivity contribution >= 4 is 33.0 Å². The van der Waals surface area contributed by atoms with Crippen molar-refractivity contribution in [1.29, 1.82) is 0 Å². The predicted molar refractivity (Wildman–Crippen MR) is 128 cm³/mol. The molecule has 0 unspecified atom stereocenters. The Morgan fingerprint density at radius 1 is 1.03 bits per heavy atom. The first kappa shape index (κ1) is 21.4. The van der Waals surface area contributed by atoms with Crippen molar-refractivity contribution in [2.24, 2.45) is 0 Å². The molecule has 0 aliphatic carbocycles. The summed E-state index contributed by atoms with van der Waals surface area (Å²) in [6, 6.07) is 16.7. The minimum Gasteiger partial charge on any atom is -0.493 e. The maximum atomic E-state index is 13.7. The summed E-state index contributed by atoms with van der Waals surface area (Å²) in [7, 11) is 3.80. The lowest BCUT2D eigenvalue weighted by Gasteiger charge is -2.26. The summed E-state index contributed by atoms with van der Waals surface area (Å²) < 4.78 is 34.0. The van der Waals surface area contributed by atoms with E-state index in [0.717, 1.165) is 33.2 Å². The van der Waals surface area contributed by atoms with E-state index in [1.165, 1.54) is 23.5 Å². The summed E-state index contributed by atoms with van der Waals surface area (Å²) in [6.45, 7) is 0.544. The highest BCUT2D eigenvalue weighted by Crippen LogP contribution is 2.40. The lowest BCUT2D eigenvalue weighted by Crippen LogP contribution is -2.32. The number of hydrogen-bond donors (Lipinski definition) is 1. The number of para-hydroxylation sites is 1. The van der Waals surface area contributed by atoms with E-state index in [1.807, 2.05) is 61.5 Å². The first-order valence-electron chi connectivity index (χ1n) is 10.6. The van der Waals surface area contributed by atoms with Crippen LogP contribution < -0.4 is 15.0 Å². The van der Waals surface area contributed by atoms with Crippen LogP contribution in [0.15, 0.2) is 60.7 Å². The van der Waals surface area contributed by atoms with E-state index in [4.69, 9.17) is 4.74 Å². The van der Waals surface area contributed by atoms with Crippen LogP contribution in [-0.4, -0.2) is 26.6 Å². The van der Waals surface area contributed by atoms with Gasteiger partial charge in [0, 0.05) is 42.2 Å². The van der Waals surface area contributed by atoms with Crippen LogP contribution in [0.3, 0.4) is 0 Å². The molecule has 0 spiro atoms. The van der Waals surface area contributed by atoms with Crippen molar-refractivity contribution in [3.63, 3.8) is 0 Å². The fourth-order valence-electron chi connectivity index (χ4n) is 4.30. The van der Waals surface area contributed by atoms with Crippen LogP contribution in [0.25, 0.3) is 21.2 Å². The molecule has 33 heavy (non-hydrogen) atoms. The van der Waals surface area contributed by atoms with Gasteiger partial charge in [0.1, 0.15) is 22.3 Å². The molecule has 1 aliphatic heterocycles. The maximum Gasteiger partial charge on any atom is 0.264 e. The highest BCUT2D eigenvalue weighted by atomic mass is 32.1. The van der Waals surface area contributed by atoms with Gasteiger partial charge in [0.05, 0.1) is 18.3 Å².